The van der Waals surface area contributed by atoms with Crippen molar-refractivity contribution in [2.24, 2.45) is 0 Å². The van der Waals surface area contributed by atoms with E-state index in [1.807, 2.05) is 0 Å². The van der Waals surface area contributed by atoms with Crippen molar-refractivity contribution >= 4 is 128 Å². The molecule has 0 amide bonds. The van der Waals surface area contributed by atoms with Crippen molar-refractivity contribution in [1.82, 2.24) is 4.98 Å². The van der Waals surface area contributed by atoms with E-state index in [0.717, 1.165) is 0 Å². The van der Waals surface area contributed by atoms with Crippen LogP contribution < -0.4 is 49.1 Å². The lowest BCUT2D eigenvalue weighted by molar-refractivity contribution is 1.53. The quantitative estimate of drug-likeness (QED) is 0.321. The molecule has 3 rings (SSSR count). The Morgan fingerprint density at radius 2 is 0.783 bits per heavy atom. The van der Waals surface area contributed by atoms with Crippen LogP contribution in [0.5, 0.6) is 0 Å². The minimum Gasteiger partial charge on any atom is -0.355 e. The Kier molecular flexibility index (Phi) is 3.70. The van der Waals surface area contributed by atoms with Gasteiger partial charge in [0.05, 0.1) is 0 Å². The summed E-state index contributed by atoms with van der Waals surface area (Å²) in [5, 5.41) is 0.133. The van der Waals surface area contributed by atoms with Crippen molar-refractivity contribution in [3.8, 4) is 0 Å². The lowest BCUT2D eigenvalue weighted by atomic mass is 9.63. The maximum atomic E-state index is 12.9. The number of rotatable bonds is 0. The number of pyridine rings is 1. The molecule has 88 valence electrons. The maximum absolute atomic E-state index is 12.9. The molecule has 0 spiro atoms. The van der Waals surface area contributed by atoms with Crippen LogP contribution in [0.15, 0.2) is 4.79 Å². The number of aromatic amines is 1. The summed E-state index contributed by atoms with van der Waals surface area (Å²) in [6.45, 7) is 0. The van der Waals surface area contributed by atoms with Gasteiger partial charge in [0.2, 0.25) is 0 Å². The van der Waals surface area contributed by atoms with Crippen molar-refractivity contribution in [2.45, 2.75) is 0 Å². The Hall–Kier alpha value is -1.57. The summed E-state index contributed by atoms with van der Waals surface area (Å²) in [7, 11) is 47.0. The number of nitrogens with one attached hydrogen (secondary N) is 1. The van der Waals surface area contributed by atoms with Crippen LogP contribution in [0.4, 0.5) is 0 Å². The first-order chi connectivity index (χ1) is 10.7. The summed E-state index contributed by atoms with van der Waals surface area (Å²) in [6.07, 6.45) is 0. The minimum atomic E-state index is -0.513. The Labute approximate surface area is 143 Å². The fourth-order valence-electron chi connectivity index (χ4n) is 2.64. The van der Waals surface area contributed by atoms with E-state index in [0.29, 0.717) is 0 Å². The molecule has 2 aromatic carbocycles. The number of hydrogen-bond acceptors (Lipinski definition) is 1. The first-order valence-corrected chi connectivity index (χ1v) is 6.51. The van der Waals surface area contributed by atoms with Gasteiger partial charge in [-0.05, 0) is 0 Å². The monoisotopic (exact) mass is 275 g/mol. The number of H-pyrrole nitrogens is 1. The molecule has 0 aliphatic heterocycles. The standard InChI is InChI=1S/C13HB8NO/c14-3-1-11(9(20)7(18)5(3)16)22-12-2(13(1)23)4(15)6(17)8(19)10(12)21/h(H,22,23). The van der Waals surface area contributed by atoms with Gasteiger partial charge < -0.3 is 4.98 Å². The Balaban J connectivity index is 2.77. The molecule has 23 heavy (non-hydrogen) atoms. The first-order valence-electron chi connectivity index (χ1n) is 6.51. The van der Waals surface area contributed by atoms with Gasteiger partial charge in [0, 0.05) is 21.8 Å². The van der Waals surface area contributed by atoms with Crippen LogP contribution in [0.25, 0.3) is 21.8 Å². The van der Waals surface area contributed by atoms with E-state index in [-0.39, 0.29) is 65.5 Å². The van der Waals surface area contributed by atoms with E-state index in [4.69, 9.17) is 62.8 Å². The molecule has 0 saturated heterocycles. The second kappa shape index (κ2) is 5.22. The Morgan fingerprint density at radius 1 is 0.478 bits per heavy atom. The van der Waals surface area contributed by atoms with E-state index in [9.17, 15) is 4.79 Å². The van der Waals surface area contributed by atoms with Crippen molar-refractivity contribution in [1.29, 1.82) is 0 Å². The normalized spacial score (nSPS) is 11.3. The van der Waals surface area contributed by atoms with Crippen LogP contribution in [-0.4, -0.2) is 67.8 Å². The largest absolute Gasteiger partial charge is 0.355 e. The molecule has 1 aromatic heterocycles. The zero-order valence-corrected chi connectivity index (χ0v) is 12.0. The van der Waals surface area contributed by atoms with Crippen molar-refractivity contribution in [2.75, 3.05) is 0 Å². The molecule has 2 nitrogen and oxygen atoms in total. The number of fused-ring (bicyclic) bond motifs is 2. The Morgan fingerprint density at radius 3 is 1.13 bits per heavy atom. The highest BCUT2D eigenvalue weighted by molar-refractivity contribution is 6.68. The topological polar surface area (TPSA) is 32.9 Å². The molecule has 0 atom stereocenters. The van der Waals surface area contributed by atoms with Gasteiger partial charge in [-0.1, -0.05) is 21.9 Å². The minimum absolute atomic E-state index is 0.00298. The lowest BCUT2D eigenvalue weighted by Gasteiger charge is -2.20. The summed E-state index contributed by atoms with van der Waals surface area (Å²) in [4.78, 5) is 15.8. The van der Waals surface area contributed by atoms with Gasteiger partial charge in [0.25, 0.3) is 0 Å². The van der Waals surface area contributed by atoms with Crippen LogP contribution in [-0.2, 0) is 0 Å². The first kappa shape index (κ1) is 16.3. The van der Waals surface area contributed by atoms with Crippen LogP contribution in [0.1, 0.15) is 0 Å². The molecule has 10 heteroatoms. The number of hydrogen-bond donors (Lipinski definition) is 1. The van der Waals surface area contributed by atoms with Gasteiger partial charge in [-0.3, -0.25) is 4.79 Å². The fraction of sp³-hybridized carbons (Fsp3) is 0. The van der Waals surface area contributed by atoms with Gasteiger partial charge >= 0.3 is 0 Å². The number of benzene rings is 2. The van der Waals surface area contributed by atoms with Crippen molar-refractivity contribution in [3.05, 3.63) is 10.2 Å². The summed E-state index contributed by atoms with van der Waals surface area (Å²) < 4.78 is 0. The lowest BCUT2D eigenvalue weighted by Crippen LogP contribution is -2.52. The Bertz CT molecular complexity index is 991. The molecule has 0 saturated carbocycles. The smallest absolute Gasteiger partial charge is 0.195 e. The molecule has 0 aliphatic carbocycles. The predicted octanol–water partition coefficient (Wildman–Crippen LogP) is -6.97. The molecule has 1 N–H and O–H groups in total. The van der Waals surface area contributed by atoms with Crippen LogP contribution in [0.3, 0.4) is 0 Å². The second-order valence-corrected chi connectivity index (χ2v) is 5.26. The third kappa shape index (κ3) is 2.03. The average Bonchev–Trinajstić information content (AvgIpc) is 2.53. The molecule has 0 bridgehead atoms. The van der Waals surface area contributed by atoms with Gasteiger partial charge in [0.1, 0.15) is 62.8 Å². The van der Waals surface area contributed by atoms with Gasteiger partial charge in [-0.2, -0.15) is 0 Å². The average molecular weight is 274 g/mol. The molecule has 3 aromatic rings. The molecule has 0 unspecified atom stereocenters. The highest BCUT2D eigenvalue weighted by atomic mass is 16.1. The van der Waals surface area contributed by atoms with E-state index >= 15 is 0 Å². The third-order valence-corrected chi connectivity index (χ3v) is 4.02. The maximum Gasteiger partial charge on any atom is 0.195 e. The van der Waals surface area contributed by atoms with E-state index in [1.165, 1.54) is 0 Å². The molecule has 16 radical (unpaired) electrons. The highest BCUT2D eigenvalue weighted by Gasteiger charge is 2.17. The van der Waals surface area contributed by atoms with Crippen molar-refractivity contribution < 1.29 is 0 Å². The zero-order chi connectivity index (χ0) is 17.2. The van der Waals surface area contributed by atoms with Crippen LogP contribution in [0, 0.1) is 0 Å². The number of aromatic nitrogens is 1. The molecule has 1 heterocycles. The summed E-state index contributed by atoms with van der Waals surface area (Å²) >= 11 is 0. The molecular weight excluding hydrogens is 273 g/mol. The van der Waals surface area contributed by atoms with Crippen LogP contribution >= 0.6 is 0 Å². The van der Waals surface area contributed by atoms with Gasteiger partial charge in [0.15, 0.2) is 5.43 Å². The third-order valence-electron chi connectivity index (χ3n) is 4.02. The van der Waals surface area contributed by atoms with E-state index in [1.54, 1.807) is 0 Å². The van der Waals surface area contributed by atoms with Crippen molar-refractivity contribution in [3.63, 3.8) is 0 Å². The van der Waals surface area contributed by atoms with Gasteiger partial charge in [-0.25, -0.2) is 0 Å². The molecule has 0 aliphatic rings. The van der Waals surface area contributed by atoms with E-state index in [2.05, 4.69) is 4.98 Å². The SMILES string of the molecule is [B]c1c([B])c([B])c2c(=O)c3c([B])c([B])c([B])c([B])c3[nH]c2c1[B]. The highest BCUT2D eigenvalue weighted by Crippen LogP contribution is 2.06. The van der Waals surface area contributed by atoms with E-state index < -0.39 is 5.43 Å². The summed E-state index contributed by atoms with van der Waals surface area (Å²) in [5.74, 6) is 0. The molecular formula is C13HB8NO. The fourth-order valence-corrected chi connectivity index (χ4v) is 2.64. The molecule has 0 fully saturated rings. The summed E-state index contributed by atoms with van der Waals surface area (Å²) in [5.41, 5.74) is 0.263. The zero-order valence-electron chi connectivity index (χ0n) is 12.0. The van der Waals surface area contributed by atoms with Crippen LogP contribution in [0.2, 0.25) is 0 Å². The van der Waals surface area contributed by atoms with Gasteiger partial charge in [-0.15, -0.1) is 21.9 Å². The summed E-state index contributed by atoms with van der Waals surface area (Å²) in [6, 6.07) is 0. The second-order valence-electron chi connectivity index (χ2n) is 5.26. The predicted molar refractivity (Wildman–Crippen MR) is 105 cm³/mol.